The Morgan fingerprint density at radius 3 is 2.48 bits per heavy atom. The van der Waals surface area contributed by atoms with Gasteiger partial charge in [0.05, 0.1) is 18.3 Å². The number of Topliss-reactive ketones (excluding diaryl/α,β-unsaturated/α-hetero) is 1. The minimum atomic E-state index is -0.207. The lowest BCUT2D eigenvalue weighted by Gasteiger charge is -2.08. The van der Waals surface area contributed by atoms with Gasteiger partial charge < -0.3 is 0 Å². The van der Waals surface area contributed by atoms with Crippen LogP contribution in [0, 0.1) is 20.8 Å². The molecule has 0 amide bonds. The summed E-state index contributed by atoms with van der Waals surface area (Å²) < 4.78 is 1.39. The number of carbonyl (C=O) groups excluding carboxylic acids is 1. The summed E-state index contributed by atoms with van der Waals surface area (Å²) in [4.78, 5) is 32.1. The lowest BCUT2D eigenvalue weighted by Crippen LogP contribution is -2.24. The van der Waals surface area contributed by atoms with E-state index in [1.807, 2.05) is 45.0 Å². The third-order valence-electron chi connectivity index (χ3n) is 5.13. The quantitative estimate of drug-likeness (QED) is 0.403. The molecule has 4 nitrogen and oxygen atoms in total. The predicted molar refractivity (Wildman–Crippen MR) is 119 cm³/mol. The molecule has 0 fully saturated rings. The number of hydrogen-bond acceptors (Lipinski definition) is 4. The number of halogens is 1. The minimum Gasteiger partial charge on any atom is -0.292 e. The number of hydrogen-bond donors (Lipinski definition) is 0. The molecule has 0 aliphatic carbocycles. The van der Waals surface area contributed by atoms with Crippen LogP contribution in [0.1, 0.15) is 26.4 Å². The molecule has 4 rings (SSSR count). The first-order valence-corrected chi connectivity index (χ1v) is 10.4. The van der Waals surface area contributed by atoms with E-state index in [-0.39, 0.29) is 17.9 Å². The Morgan fingerprint density at radius 2 is 1.79 bits per heavy atom. The number of nitrogens with zero attached hydrogens (tertiary/aromatic N) is 2. The van der Waals surface area contributed by atoms with Gasteiger partial charge in [-0.3, -0.25) is 14.2 Å². The van der Waals surface area contributed by atoms with Crippen molar-refractivity contribution < 1.29 is 4.79 Å². The van der Waals surface area contributed by atoms with Crippen molar-refractivity contribution in [2.45, 2.75) is 27.3 Å². The van der Waals surface area contributed by atoms with Crippen molar-refractivity contribution in [3.8, 4) is 11.1 Å². The van der Waals surface area contributed by atoms with Crippen LogP contribution in [0.3, 0.4) is 0 Å². The topological polar surface area (TPSA) is 52.0 Å². The highest BCUT2D eigenvalue weighted by Crippen LogP contribution is 2.35. The van der Waals surface area contributed by atoms with Crippen LogP contribution in [0.15, 0.2) is 53.6 Å². The molecule has 2 aromatic heterocycles. The van der Waals surface area contributed by atoms with Crippen LogP contribution >= 0.6 is 22.9 Å². The monoisotopic (exact) mass is 422 g/mol. The van der Waals surface area contributed by atoms with E-state index in [4.69, 9.17) is 11.6 Å². The summed E-state index contributed by atoms with van der Waals surface area (Å²) in [6.45, 7) is 5.90. The lowest BCUT2D eigenvalue weighted by molar-refractivity contribution is 0.0970. The lowest BCUT2D eigenvalue weighted by atomic mass is 10.0. The number of thiophene rings is 1. The molecule has 0 radical (unpaired) electrons. The van der Waals surface area contributed by atoms with Crippen LogP contribution < -0.4 is 5.56 Å². The first kappa shape index (κ1) is 19.6. The minimum absolute atomic E-state index is 0.0424. The number of aryl methyl sites for hydroxylation is 3. The smallest absolute Gasteiger partial charge is 0.263 e. The zero-order valence-electron chi connectivity index (χ0n) is 16.3. The Kier molecular flexibility index (Phi) is 5.11. The first-order valence-electron chi connectivity index (χ1n) is 9.20. The highest BCUT2D eigenvalue weighted by atomic mass is 35.5. The summed E-state index contributed by atoms with van der Waals surface area (Å²) in [5.41, 5.74) is 4.34. The van der Waals surface area contributed by atoms with Gasteiger partial charge in [0.2, 0.25) is 0 Å². The highest BCUT2D eigenvalue weighted by molar-refractivity contribution is 7.19. The Labute approximate surface area is 177 Å². The van der Waals surface area contributed by atoms with Gasteiger partial charge in [0.15, 0.2) is 5.78 Å². The van der Waals surface area contributed by atoms with E-state index in [0.29, 0.717) is 20.8 Å². The normalized spacial score (nSPS) is 11.2. The van der Waals surface area contributed by atoms with E-state index >= 15 is 0 Å². The number of ketones is 1. The number of carbonyl (C=O) groups is 1. The molecule has 29 heavy (non-hydrogen) atoms. The SMILES string of the molecule is Cc1ccc(C(=O)Cn2cnc3sc(C)c(-c4ccc(Cl)cc4)c3c2=O)cc1C. The molecule has 0 atom stereocenters. The summed E-state index contributed by atoms with van der Waals surface area (Å²) >= 11 is 7.49. The van der Waals surface area contributed by atoms with Gasteiger partial charge in [-0.1, -0.05) is 35.9 Å². The number of benzene rings is 2. The molecule has 0 saturated carbocycles. The Hall–Kier alpha value is -2.76. The molecule has 4 aromatic rings. The molecular weight excluding hydrogens is 404 g/mol. The second-order valence-electron chi connectivity index (χ2n) is 7.12. The predicted octanol–water partition coefficient (Wildman–Crippen LogP) is 5.59. The number of fused-ring (bicyclic) bond motifs is 1. The van der Waals surface area contributed by atoms with Crippen molar-refractivity contribution in [2.24, 2.45) is 0 Å². The van der Waals surface area contributed by atoms with E-state index in [1.54, 1.807) is 18.2 Å². The first-order chi connectivity index (χ1) is 13.8. The maximum absolute atomic E-state index is 13.2. The van der Waals surface area contributed by atoms with Crippen molar-refractivity contribution >= 4 is 38.9 Å². The van der Waals surface area contributed by atoms with Gasteiger partial charge in [-0.2, -0.15) is 0 Å². The van der Waals surface area contributed by atoms with Crippen LogP contribution in [0.5, 0.6) is 0 Å². The third kappa shape index (κ3) is 3.63. The molecule has 0 spiro atoms. The van der Waals surface area contributed by atoms with E-state index in [1.165, 1.54) is 22.2 Å². The average Bonchev–Trinajstić information content (AvgIpc) is 3.03. The van der Waals surface area contributed by atoms with Gasteiger partial charge in [-0.25, -0.2) is 4.98 Å². The fourth-order valence-corrected chi connectivity index (χ4v) is 4.50. The van der Waals surface area contributed by atoms with Gasteiger partial charge in [-0.15, -0.1) is 11.3 Å². The molecule has 0 N–H and O–H groups in total. The molecule has 2 heterocycles. The molecule has 0 saturated heterocycles. The summed E-state index contributed by atoms with van der Waals surface area (Å²) in [7, 11) is 0. The van der Waals surface area contributed by atoms with Gasteiger partial charge in [0.1, 0.15) is 4.83 Å². The van der Waals surface area contributed by atoms with E-state index in [2.05, 4.69) is 4.98 Å². The van der Waals surface area contributed by atoms with Crippen LogP contribution in [0.2, 0.25) is 5.02 Å². The zero-order chi connectivity index (χ0) is 20.7. The van der Waals surface area contributed by atoms with Gasteiger partial charge in [0, 0.05) is 21.0 Å². The summed E-state index contributed by atoms with van der Waals surface area (Å²) in [6.07, 6.45) is 1.46. The maximum Gasteiger partial charge on any atom is 0.263 e. The van der Waals surface area contributed by atoms with Crippen molar-refractivity contribution in [2.75, 3.05) is 0 Å². The molecule has 0 unspecified atom stereocenters. The fourth-order valence-electron chi connectivity index (χ4n) is 3.38. The fraction of sp³-hybridized carbons (Fsp3) is 0.174. The van der Waals surface area contributed by atoms with E-state index in [9.17, 15) is 9.59 Å². The van der Waals surface area contributed by atoms with Crippen LogP contribution in [0.25, 0.3) is 21.3 Å². The molecule has 0 aliphatic rings. The highest BCUT2D eigenvalue weighted by Gasteiger charge is 2.18. The van der Waals surface area contributed by atoms with Crippen molar-refractivity contribution in [3.63, 3.8) is 0 Å². The molecular formula is C23H19ClN2O2S. The van der Waals surface area contributed by atoms with Crippen LogP contribution in [0.4, 0.5) is 0 Å². The van der Waals surface area contributed by atoms with E-state index < -0.39 is 0 Å². The second-order valence-corrected chi connectivity index (χ2v) is 8.76. The van der Waals surface area contributed by atoms with Crippen molar-refractivity contribution in [1.29, 1.82) is 0 Å². The molecule has 2 aromatic carbocycles. The van der Waals surface area contributed by atoms with Gasteiger partial charge in [0.25, 0.3) is 5.56 Å². The standard InChI is InChI=1S/C23H19ClN2O2S/c1-13-4-5-17(10-14(13)2)19(27)11-26-12-25-22-21(23(26)28)20(15(3)29-22)16-6-8-18(24)9-7-16/h4-10,12H,11H2,1-3H3. The Morgan fingerprint density at radius 1 is 1.07 bits per heavy atom. The Balaban J connectivity index is 1.78. The van der Waals surface area contributed by atoms with Crippen molar-refractivity contribution in [1.82, 2.24) is 9.55 Å². The molecule has 6 heteroatoms. The van der Waals surface area contributed by atoms with Crippen LogP contribution in [-0.2, 0) is 6.54 Å². The number of aromatic nitrogens is 2. The number of rotatable bonds is 4. The van der Waals surface area contributed by atoms with Crippen molar-refractivity contribution in [3.05, 3.63) is 85.7 Å². The summed E-state index contributed by atoms with van der Waals surface area (Å²) in [5.74, 6) is -0.114. The van der Waals surface area contributed by atoms with Gasteiger partial charge >= 0.3 is 0 Å². The maximum atomic E-state index is 13.2. The third-order valence-corrected chi connectivity index (χ3v) is 6.40. The second kappa shape index (κ2) is 7.58. The van der Waals surface area contributed by atoms with Gasteiger partial charge in [-0.05, 0) is 55.7 Å². The summed E-state index contributed by atoms with van der Waals surface area (Å²) in [5, 5.41) is 1.19. The molecule has 146 valence electrons. The average molecular weight is 423 g/mol. The molecule has 0 bridgehead atoms. The zero-order valence-corrected chi connectivity index (χ0v) is 17.9. The Bertz CT molecular complexity index is 1300. The largest absolute Gasteiger partial charge is 0.292 e. The molecule has 0 aliphatic heterocycles. The summed E-state index contributed by atoms with van der Waals surface area (Å²) in [6, 6.07) is 13.0. The van der Waals surface area contributed by atoms with E-state index in [0.717, 1.165) is 27.1 Å². The van der Waals surface area contributed by atoms with Crippen LogP contribution in [-0.4, -0.2) is 15.3 Å².